The maximum Gasteiger partial charge on any atom is -0.00697 e. The van der Waals surface area contributed by atoms with Gasteiger partial charge in [-0.1, -0.05) is 67.5 Å². The Bertz CT molecular complexity index is 659. The van der Waals surface area contributed by atoms with Crippen LogP contribution in [0.15, 0.2) is 48.6 Å². The Morgan fingerprint density at radius 3 is 2.26 bits per heavy atom. The molecular formula is C23H30. The molecular weight excluding hydrogens is 276 g/mol. The average molecular weight is 306 g/mol. The van der Waals surface area contributed by atoms with Crippen LogP contribution in [0.5, 0.6) is 0 Å². The first-order valence-corrected chi connectivity index (χ1v) is 8.81. The summed E-state index contributed by atoms with van der Waals surface area (Å²) in [5.74, 6) is 0. The Hall–Kier alpha value is -1.82. The van der Waals surface area contributed by atoms with E-state index in [0.29, 0.717) is 0 Å². The summed E-state index contributed by atoms with van der Waals surface area (Å²) in [6, 6.07) is 13.4. The van der Waals surface area contributed by atoms with E-state index in [1.165, 1.54) is 46.2 Å². The zero-order valence-electron chi connectivity index (χ0n) is 15.2. The number of allylic oxidation sites excluding steroid dienone is 1. The van der Waals surface area contributed by atoms with E-state index in [-0.39, 0.29) is 0 Å². The minimum atomic E-state index is 0.994. The zero-order valence-corrected chi connectivity index (χ0v) is 15.2. The van der Waals surface area contributed by atoms with Crippen LogP contribution < -0.4 is 0 Å². The Morgan fingerprint density at radius 2 is 1.61 bits per heavy atom. The van der Waals surface area contributed by atoms with Gasteiger partial charge in [0.25, 0.3) is 0 Å². The molecule has 0 radical (unpaired) electrons. The van der Waals surface area contributed by atoms with E-state index in [9.17, 15) is 0 Å². The van der Waals surface area contributed by atoms with E-state index in [2.05, 4.69) is 70.7 Å². The monoisotopic (exact) mass is 306 g/mol. The van der Waals surface area contributed by atoms with Gasteiger partial charge in [0.1, 0.15) is 0 Å². The van der Waals surface area contributed by atoms with Gasteiger partial charge in [-0.25, -0.2) is 0 Å². The highest BCUT2D eigenvalue weighted by molar-refractivity contribution is 5.40. The first kappa shape index (κ1) is 17.5. The van der Waals surface area contributed by atoms with Crippen molar-refractivity contribution < 1.29 is 0 Å². The second-order valence-electron chi connectivity index (χ2n) is 6.81. The van der Waals surface area contributed by atoms with Crippen LogP contribution in [0.1, 0.15) is 53.1 Å². The number of aryl methyl sites for hydroxylation is 3. The molecule has 0 fully saturated rings. The second kappa shape index (κ2) is 8.15. The van der Waals surface area contributed by atoms with Crippen molar-refractivity contribution in [2.45, 2.75) is 59.8 Å². The van der Waals surface area contributed by atoms with Gasteiger partial charge in [0.05, 0.1) is 0 Å². The van der Waals surface area contributed by atoms with Crippen molar-refractivity contribution in [3.63, 3.8) is 0 Å². The number of hydrogen-bond donors (Lipinski definition) is 0. The molecule has 0 aliphatic carbocycles. The Balaban J connectivity index is 2.01. The van der Waals surface area contributed by atoms with Gasteiger partial charge < -0.3 is 0 Å². The molecule has 0 spiro atoms. The summed E-state index contributed by atoms with van der Waals surface area (Å²) in [6.07, 6.45) is 5.58. The van der Waals surface area contributed by atoms with Gasteiger partial charge in [-0.3, -0.25) is 0 Å². The third-order valence-electron chi connectivity index (χ3n) is 4.79. The van der Waals surface area contributed by atoms with E-state index in [4.69, 9.17) is 0 Å². The maximum atomic E-state index is 4.30. The SMILES string of the molecule is C=C(CCc1ccc(C)c(C)c1CCC)Cc1ccc(C)cc1. The number of hydrogen-bond acceptors (Lipinski definition) is 0. The van der Waals surface area contributed by atoms with Gasteiger partial charge in [0.2, 0.25) is 0 Å². The predicted molar refractivity (Wildman–Crippen MR) is 102 cm³/mol. The maximum absolute atomic E-state index is 4.30. The second-order valence-corrected chi connectivity index (χ2v) is 6.81. The molecule has 0 saturated heterocycles. The predicted octanol–water partition coefficient (Wildman–Crippen LogP) is 6.30. The third-order valence-corrected chi connectivity index (χ3v) is 4.79. The van der Waals surface area contributed by atoms with Crippen LogP contribution in [0.4, 0.5) is 0 Å². The van der Waals surface area contributed by atoms with E-state index >= 15 is 0 Å². The Labute approximate surface area is 142 Å². The highest BCUT2D eigenvalue weighted by atomic mass is 14.1. The van der Waals surface area contributed by atoms with Crippen molar-refractivity contribution in [3.05, 3.63) is 81.9 Å². The molecule has 0 amide bonds. The van der Waals surface area contributed by atoms with Crippen LogP contribution in [0.25, 0.3) is 0 Å². The van der Waals surface area contributed by atoms with Crippen molar-refractivity contribution in [2.75, 3.05) is 0 Å². The van der Waals surface area contributed by atoms with Gasteiger partial charge in [-0.05, 0) is 74.3 Å². The van der Waals surface area contributed by atoms with Gasteiger partial charge >= 0.3 is 0 Å². The normalized spacial score (nSPS) is 10.8. The molecule has 0 aromatic heterocycles. The largest absolute Gasteiger partial charge is 0.0995 e. The molecule has 0 bridgehead atoms. The quantitative estimate of drug-likeness (QED) is 0.527. The molecule has 0 heteroatoms. The molecule has 23 heavy (non-hydrogen) atoms. The summed E-state index contributed by atoms with van der Waals surface area (Å²) in [5, 5.41) is 0. The lowest BCUT2D eigenvalue weighted by Crippen LogP contribution is -2.01. The van der Waals surface area contributed by atoms with Gasteiger partial charge in [-0.15, -0.1) is 0 Å². The van der Waals surface area contributed by atoms with Crippen molar-refractivity contribution in [1.82, 2.24) is 0 Å². The van der Waals surface area contributed by atoms with Crippen LogP contribution >= 0.6 is 0 Å². The highest BCUT2D eigenvalue weighted by Crippen LogP contribution is 2.23. The first-order chi connectivity index (χ1) is 11.0. The molecule has 0 aliphatic heterocycles. The van der Waals surface area contributed by atoms with Gasteiger partial charge in [-0.2, -0.15) is 0 Å². The van der Waals surface area contributed by atoms with Gasteiger partial charge in [0.15, 0.2) is 0 Å². The van der Waals surface area contributed by atoms with Crippen molar-refractivity contribution in [2.24, 2.45) is 0 Å². The van der Waals surface area contributed by atoms with Crippen molar-refractivity contribution in [3.8, 4) is 0 Å². The zero-order chi connectivity index (χ0) is 16.8. The van der Waals surface area contributed by atoms with E-state index in [0.717, 1.165) is 19.3 Å². The fourth-order valence-electron chi connectivity index (χ4n) is 3.16. The van der Waals surface area contributed by atoms with Crippen LogP contribution in [0.3, 0.4) is 0 Å². The summed E-state index contributed by atoms with van der Waals surface area (Å²) < 4.78 is 0. The van der Waals surface area contributed by atoms with E-state index < -0.39 is 0 Å². The highest BCUT2D eigenvalue weighted by Gasteiger charge is 2.08. The molecule has 0 heterocycles. The minimum Gasteiger partial charge on any atom is -0.0995 e. The summed E-state index contributed by atoms with van der Waals surface area (Å²) >= 11 is 0. The third kappa shape index (κ3) is 4.82. The van der Waals surface area contributed by atoms with E-state index in [1.807, 2.05) is 0 Å². The molecule has 0 N–H and O–H groups in total. The fraction of sp³-hybridized carbons (Fsp3) is 0.391. The molecule has 2 rings (SSSR count). The smallest absolute Gasteiger partial charge is 0.00697 e. The van der Waals surface area contributed by atoms with Crippen LogP contribution in [-0.4, -0.2) is 0 Å². The summed E-state index contributed by atoms with van der Waals surface area (Å²) in [6.45, 7) is 13.2. The van der Waals surface area contributed by atoms with Gasteiger partial charge in [0, 0.05) is 0 Å². The lowest BCUT2D eigenvalue weighted by atomic mass is 9.90. The van der Waals surface area contributed by atoms with Crippen LogP contribution in [-0.2, 0) is 19.3 Å². The lowest BCUT2D eigenvalue weighted by molar-refractivity contribution is 0.849. The molecule has 0 aliphatic rings. The van der Waals surface area contributed by atoms with E-state index in [1.54, 1.807) is 5.56 Å². The summed E-state index contributed by atoms with van der Waals surface area (Å²) in [5.41, 5.74) is 9.99. The molecule has 0 nitrogen and oxygen atoms in total. The lowest BCUT2D eigenvalue weighted by Gasteiger charge is -2.15. The standard InChI is InChI=1S/C23H30/c1-6-7-23-20(5)19(4)11-15-22(23)14-10-18(3)16-21-12-8-17(2)9-13-21/h8-9,11-13,15H,3,6-7,10,14,16H2,1-2,4-5H3. The molecule has 2 aromatic carbocycles. The molecule has 0 unspecified atom stereocenters. The molecule has 0 saturated carbocycles. The average Bonchev–Trinajstić information content (AvgIpc) is 2.53. The number of benzene rings is 2. The first-order valence-electron chi connectivity index (χ1n) is 8.81. The number of rotatable bonds is 7. The minimum absolute atomic E-state index is 0.994. The van der Waals surface area contributed by atoms with Crippen LogP contribution in [0, 0.1) is 20.8 Å². The summed E-state index contributed by atoms with van der Waals surface area (Å²) in [7, 11) is 0. The van der Waals surface area contributed by atoms with Crippen molar-refractivity contribution >= 4 is 0 Å². The Morgan fingerprint density at radius 1 is 0.913 bits per heavy atom. The van der Waals surface area contributed by atoms with Crippen molar-refractivity contribution in [1.29, 1.82) is 0 Å². The topological polar surface area (TPSA) is 0 Å². The summed E-state index contributed by atoms with van der Waals surface area (Å²) in [4.78, 5) is 0. The fourth-order valence-corrected chi connectivity index (χ4v) is 3.16. The van der Waals surface area contributed by atoms with Crippen LogP contribution in [0.2, 0.25) is 0 Å². The molecule has 122 valence electrons. The molecule has 0 atom stereocenters. The molecule has 2 aromatic rings. The Kier molecular flexibility index (Phi) is 6.21.